The molecule has 2 aromatic rings. The highest BCUT2D eigenvalue weighted by Crippen LogP contribution is 2.72. The van der Waals surface area contributed by atoms with Gasteiger partial charge in [0, 0.05) is 30.6 Å². The van der Waals surface area contributed by atoms with Crippen molar-refractivity contribution >= 4 is 47.0 Å². The van der Waals surface area contributed by atoms with Crippen LogP contribution >= 0.6 is 27.7 Å². The van der Waals surface area contributed by atoms with Crippen LogP contribution in [0.3, 0.4) is 0 Å². The minimum absolute atomic E-state index is 0.113. The van der Waals surface area contributed by atoms with Crippen molar-refractivity contribution in [2.75, 3.05) is 20.0 Å². The number of aliphatic imine (C=N–C) groups is 1. The van der Waals surface area contributed by atoms with Crippen molar-refractivity contribution < 1.29 is 27.5 Å². The average molecular weight is 631 g/mol. The zero-order valence-electron chi connectivity index (χ0n) is 22.5. The molecule has 3 atom stereocenters. The molecule has 1 aliphatic heterocycles. The molecule has 0 bridgehead atoms. The van der Waals surface area contributed by atoms with Crippen LogP contribution in [0.15, 0.2) is 44.7 Å². The second kappa shape index (κ2) is 10.7. The molecule has 1 aliphatic carbocycles. The number of carbonyl (C=O) groups excluding carboxylic acids is 1. The summed E-state index contributed by atoms with van der Waals surface area (Å²) >= 11 is 4.67. The topological polar surface area (TPSA) is 77.2 Å². The molecule has 0 radical (unpaired) electrons. The maximum absolute atomic E-state index is 15.3. The van der Waals surface area contributed by atoms with Gasteiger partial charge in [-0.15, -0.1) is 0 Å². The molecular weight excluding hydrogens is 596 g/mol. The molecule has 2 heterocycles. The number of nitrogens with zero attached hydrogens (tertiary/aromatic N) is 3. The standard InChI is InChI=1S/C26H34BrF2N3O4SSi/c1-24(2,3)36-23(33)32(16-34-9-10-38(4,5)6)22-31-25(14-28,18-11-17(27)7-8-19(18)29)20-12-26(20,37-22)21-13-30-15-35-21/h7-8,11,13,15,20H,9-10,12,14,16H2,1-6H3/t20?,25-,26+/m1/s1. The zero-order chi connectivity index (χ0) is 27.9. The number of carbonyl (C=O) groups is 1. The van der Waals surface area contributed by atoms with E-state index in [0.717, 1.165) is 6.04 Å². The number of rotatable bonds is 8. The molecule has 4 rings (SSSR count). The number of hydrogen-bond acceptors (Lipinski definition) is 7. The Labute approximate surface area is 235 Å². The Balaban J connectivity index is 1.79. The molecule has 0 saturated heterocycles. The smallest absolute Gasteiger partial charge is 0.418 e. The van der Waals surface area contributed by atoms with Crippen LogP contribution in [0.2, 0.25) is 25.7 Å². The SMILES string of the molecule is CC(C)(C)OC(=O)N(COCC[Si](C)(C)C)C1=N[C@](CF)(c2cc(Br)ccc2F)C2C[C@]2(c2cnco2)S1. The van der Waals surface area contributed by atoms with E-state index in [1.54, 1.807) is 39.1 Å². The largest absolute Gasteiger partial charge is 0.447 e. The molecule has 12 heteroatoms. The van der Waals surface area contributed by atoms with Crippen LogP contribution < -0.4 is 0 Å². The van der Waals surface area contributed by atoms with Gasteiger partial charge in [0.1, 0.15) is 36.1 Å². The van der Waals surface area contributed by atoms with E-state index in [2.05, 4.69) is 40.6 Å². The van der Waals surface area contributed by atoms with Crippen LogP contribution in [-0.4, -0.2) is 54.8 Å². The summed E-state index contributed by atoms with van der Waals surface area (Å²) in [5.74, 6) is -0.467. The Morgan fingerprint density at radius 3 is 2.68 bits per heavy atom. The third kappa shape index (κ3) is 6.02. The van der Waals surface area contributed by atoms with Gasteiger partial charge in [-0.3, -0.25) is 0 Å². The molecule has 1 unspecified atom stereocenters. The summed E-state index contributed by atoms with van der Waals surface area (Å²) in [5.41, 5.74) is -2.26. The number of fused-ring (bicyclic) bond motifs is 1. The minimum Gasteiger partial charge on any atom is -0.447 e. The molecule has 1 fully saturated rings. The molecule has 38 heavy (non-hydrogen) atoms. The number of amidine groups is 1. The number of alkyl halides is 1. The summed E-state index contributed by atoms with van der Waals surface area (Å²) in [6.45, 7) is 11.4. The second-order valence-electron chi connectivity index (χ2n) is 11.9. The van der Waals surface area contributed by atoms with Crippen molar-refractivity contribution in [2.24, 2.45) is 10.9 Å². The lowest BCUT2D eigenvalue weighted by Crippen LogP contribution is -2.46. The molecule has 0 spiro atoms. The van der Waals surface area contributed by atoms with Crippen LogP contribution in [0.5, 0.6) is 0 Å². The summed E-state index contributed by atoms with van der Waals surface area (Å²) in [4.78, 5) is 23.6. The van der Waals surface area contributed by atoms with Crippen LogP contribution in [0, 0.1) is 11.7 Å². The number of benzene rings is 1. The highest BCUT2D eigenvalue weighted by Gasteiger charge is 2.71. The van der Waals surface area contributed by atoms with Crippen LogP contribution in [-0.2, 0) is 19.8 Å². The maximum Gasteiger partial charge on any atom is 0.418 e. The monoisotopic (exact) mass is 629 g/mol. The van der Waals surface area contributed by atoms with Gasteiger partial charge in [-0.25, -0.2) is 28.5 Å². The summed E-state index contributed by atoms with van der Waals surface area (Å²) in [6.07, 6.45) is 2.69. The van der Waals surface area contributed by atoms with Crippen molar-refractivity contribution in [3.8, 4) is 0 Å². The fraction of sp³-hybridized carbons (Fsp3) is 0.577. The van der Waals surface area contributed by atoms with Gasteiger partial charge in [0.2, 0.25) is 0 Å². The van der Waals surface area contributed by atoms with Gasteiger partial charge < -0.3 is 13.9 Å². The first-order valence-corrected chi connectivity index (χ1v) is 17.8. The summed E-state index contributed by atoms with van der Waals surface area (Å²) in [7, 11) is -1.38. The van der Waals surface area contributed by atoms with Gasteiger partial charge in [0.15, 0.2) is 11.6 Å². The fourth-order valence-electron chi connectivity index (χ4n) is 4.52. The summed E-state index contributed by atoms with van der Waals surface area (Å²) < 4.78 is 47.7. The summed E-state index contributed by atoms with van der Waals surface area (Å²) in [6, 6.07) is 5.30. The van der Waals surface area contributed by atoms with Gasteiger partial charge in [-0.1, -0.05) is 47.3 Å². The molecule has 1 aromatic heterocycles. The lowest BCUT2D eigenvalue weighted by atomic mass is 9.84. The number of thioether (sulfide) groups is 1. The molecule has 1 amide bonds. The first kappa shape index (κ1) is 29.2. The molecule has 1 saturated carbocycles. The van der Waals surface area contributed by atoms with Gasteiger partial charge >= 0.3 is 6.09 Å². The van der Waals surface area contributed by atoms with E-state index in [9.17, 15) is 4.79 Å². The third-order valence-corrected chi connectivity index (χ3v) is 10.3. The van der Waals surface area contributed by atoms with Gasteiger partial charge in [0.05, 0.1) is 10.9 Å². The molecule has 7 nitrogen and oxygen atoms in total. The Hall–Kier alpha value is -1.76. The van der Waals surface area contributed by atoms with Gasteiger partial charge in [-0.05, 0) is 51.4 Å². The Morgan fingerprint density at radius 2 is 2.08 bits per heavy atom. The van der Waals surface area contributed by atoms with E-state index in [1.807, 2.05) is 0 Å². The number of halogens is 3. The van der Waals surface area contributed by atoms with Crippen molar-refractivity contribution in [1.29, 1.82) is 0 Å². The maximum atomic E-state index is 15.3. The average Bonchev–Trinajstić information content (AvgIpc) is 3.30. The first-order valence-electron chi connectivity index (χ1n) is 12.5. The van der Waals surface area contributed by atoms with Crippen LogP contribution in [0.4, 0.5) is 13.6 Å². The molecular formula is C26H34BrF2N3O4SSi. The number of aromatic nitrogens is 1. The lowest BCUT2D eigenvalue weighted by Gasteiger charge is -2.38. The minimum atomic E-state index is -1.58. The van der Waals surface area contributed by atoms with E-state index >= 15 is 8.78 Å². The van der Waals surface area contributed by atoms with Crippen LogP contribution in [0.25, 0.3) is 0 Å². The normalized spacial score (nSPS) is 25.0. The van der Waals surface area contributed by atoms with E-state index in [4.69, 9.17) is 18.9 Å². The fourth-order valence-corrected chi connectivity index (χ4v) is 7.20. The highest BCUT2D eigenvalue weighted by atomic mass is 79.9. The number of oxazole rings is 1. The predicted molar refractivity (Wildman–Crippen MR) is 150 cm³/mol. The number of ether oxygens (including phenoxy) is 2. The molecule has 2 aliphatic rings. The molecule has 1 aromatic carbocycles. The third-order valence-electron chi connectivity index (χ3n) is 6.56. The second-order valence-corrected chi connectivity index (χ2v) is 19.8. The Bertz CT molecular complexity index is 1200. The van der Waals surface area contributed by atoms with E-state index in [-0.39, 0.29) is 17.5 Å². The predicted octanol–water partition coefficient (Wildman–Crippen LogP) is 7.31. The van der Waals surface area contributed by atoms with E-state index < -0.39 is 48.5 Å². The first-order chi connectivity index (χ1) is 17.7. The zero-order valence-corrected chi connectivity index (χ0v) is 25.9. The van der Waals surface area contributed by atoms with Gasteiger partial charge in [-0.2, -0.15) is 0 Å². The van der Waals surface area contributed by atoms with E-state index in [1.165, 1.54) is 29.1 Å². The van der Waals surface area contributed by atoms with Crippen molar-refractivity contribution in [1.82, 2.24) is 9.88 Å². The van der Waals surface area contributed by atoms with E-state index in [0.29, 0.717) is 23.3 Å². The van der Waals surface area contributed by atoms with Crippen molar-refractivity contribution in [3.05, 3.63) is 52.4 Å². The number of amides is 1. The van der Waals surface area contributed by atoms with Gasteiger partial charge in [0.25, 0.3) is 0 Å². The Kier molecular flexibility index (Phi) is 8.20. The molecule has 208 valence electrons. The quantitative estimate of drug-likeness (QED) is 0.173. The van der Waals surface area contributed by atoms with Crippen molar-refractivity contribution in [2.45, 2.75) is 68.8 Å². The molecule has 0 N–H and O–H groups in total. The highest BCUT2D eigenvalue weighted by molar-refractivity contribution is 9.10. The number of hydrogen-bond donors (Lipinski definition) is 0. The Morgan fingerprint density at radius 1 is 1.34 bits per heavy atom. The lowest BCUT2D eigenvalue weighted by molar-refractivity contribution is 0.0109. The van der Waals surface area contributed by atoms with Crippen LogP contribution in [0.1, 0.15) is 38.5 Å². The van der Waals surface area contributed by atoms with Crippen molar-refractivity contribution in [3.63, 3.8) is 0 Å². The summed E-state index contributed by atoms with van der Waals surface area (Å²) in [5, 5.41) is 0.189.